The van der Waals surface area contributed by atoms with Gasteiger partial charge in [-0.1, -0.05) is 59.2 Å². The lowest BCUT2D eigenvalue weighted by Crippen LogP contribution is -2.28. The lowest BCUT2D eigenvalue weighted by atomic mass is 10.1. The molecular formula is C29H23Cl2F3N2O3S. The number of thioether (sulfide) groups is 1. The number of hydrogen-bond donors (Lipinski definition) is 1. The highest BCUT2D eigenvalue weighted by molar-refractivity contribution is 8.13. The quantitative estimate of drug-likeness (QED) is 0.123. The Labute approximate surface area is 243 Å². The molecule has 0 amide bonds. The first-order valence-corrected chi connectivity index (χ1v) is 13.4. The normalized spacial score (nSPS) is 11.8. The fraction of sp³-hybridized carbons (Fsp3) is 0.138. The lowest BCUT2D eigenvalue weighted by molar-refractivity contribution is -0.274. The number of methoxy groups -OCH3 is 1. The molecular weight excluding hydrogens is 584 g/mol. The molecule has 4 aromatic rings. The first kappa shape index (κ1) is 29.5. The van der Waals surface area contributed by atoms with E-state index >= 15 is 0 Å². The maximum absolute atomic E-state index is 12.7. The summed E-state index contributed by atoms with van der Waals surface area (Å²) in [6, 6.07) is 24.9. The molecule has 0 aromatic heterocycles. The summed E-state index contributed by atoms with van der Waals surface area (Å²) in [5, 5.41) is 11.1. The number of amidine groups is 1. The third-order valence-corrected chi connectivity index (χ3v) is 7.24. The van der Waals surface area contributed by atoms with Crippen LogP contribution >= 0.6 is 35.0 Å². The van der Waals surface area contributed by atoms with Crippen molar-refractivity contribution < 1.29 is 27.8 Å². The van der Waals surface area contributed by atoms with E-state index in [0.29, 0.717) is 39.7 Å². The summed E-state index contributed by atoms with van der Waals surface area (Å²) in [5.41, 5.74) is 2.18. The van der Waals surface area contributed by atoms with Crippen LogP contribution in [-0.2, 0) is 13.1 Å². The molecule has 208 valence electrons. The minimum absolute atomic E-state index is 0.139. The average molecular weight is 607 g/mol. The van der Waals surface area contributed by atoms with Crippen LogP contribution in [0.15, 0.2) is 101 Å². The third-order valence-electron chi connectivity index (χ3n) is 5.48. The van der Waals surface area contributed by atoms with E-state index in [-0.39, 0.29) is 11.5 Å². The van der Waals surface area contributed by atoms with Gasteiger partial charge in [-0.3, -0.25) is 0 Å². The minimum atomic E-state index is -4.79. The van der Waals surface area contributed by atoms with Crippen molar-refractivity contribution >= 4 is 45.8 Å². The molecule has 11 heteroatoms. The molecule has 0 saturated carbocycles. The fourth-order valence-electron chi connectivity index (χ4n) is 3.63. The number of phenols is 1. The second kappa shape index (κ2) is 13.2. The van der Waals surface area contributed by atoms with E-state index in [1.165, 1.54) is 36.0 Å². The molecule has 5 nitrogen and oxygen atoms in total. The highest BCUT2D eigenvalue weighted by Gasteiger charge is 2.31. The highest BCUT2D eigenvalue weighted by Crippen LogP contribution is 2.32. The van der Waals surface area contributed by atoms with Gasteiger partial charge in [0.15, 0.2) is 5.17 Å². The second-order valence-corrected chi connectivity index (χ2v) is 10.3. The second-order valence-electron chi connectivity index (χ2n) is 8.49. The molecule has 0 heterocycles. The van der Waals surface area contributed by atoms with Crippen LogP contribution in [0.4, 0.5) is 18.9 Å². The first-order valence-electron chi connectivity index (χ1n) is 11.8. The summed E-state index contributed by atoms with van der Waals surface area (Å²) in [6.45, 7) is 0.772. The Hall–Kier alpha value is -3.53. The Kier molecular flexibility index (Phi) is 9.73. The molecule has 0 aliphatic rings. The number of halogens is 5. The summed E-state index contributed by atoms with van der Waals surface area (Å²) >= 11 is 13.8. The summed E-state index contributed by atoms with van der Waals surface area (Å²) in [5.74, 6) is 0.457. The number of rotatable bonds is 8. The van der Waals surface area contributed by atoms with Gasteiger partial charge in [0.25, 0.3) is 0 Å². The molecule has 0 aliphatic carbocycles. The topological polar surface area (TPSA) is 54.3 Å². The number of phenolic OH excluding ortho intramolecular Hbond substituents is 1. The number of nitrogens with zero attached hydrogens (tertiary/aromatic N) is 2. The van der Waals surface area contributed by atoms with Crippen molar-refractivity contribution in [3.63, 3.8) is 0 Å². The number of hydrogen-bond acceptors (Lipinski definition) is 5. The van der Waals surface area contributed by atoms with Gasteiger partial charge in [-0.15, -0.1) is 13.2 Å². The smallest absolute Gasteiger partial charge is 0.508 e. The Morgan fingerprint density at radius 1 is 0.850 bits per heavy atom. The summed E-state index contributed by atoms with van der Waals surface area (Å²) < 4.78 is 47.3. The SMILES string of the molecule is COc1cccc(SC(=Nc2ccc(OC(F)(F)F)cc2)N(Cc2ccc(O)cc2)Cc2ccc(Cl)c(Cl)c2)c1. The zero-order valence-electron chi connectivity index (χ0n) is 21.0. The standard InChI is InChI=1S/C29H23Cl2F3N2O3S/c1-38-24-3-2-4-25(16-24)40-28(35-21-8-12-23(13-9-21)39-29(32,33)34)36(17-19-5-10-22(37)11-6-19)18-20-7-14-26(30)27(31)15-20/h2-16,37H,17-18H2,1H3. The number of aliphatic imine (C=N–C) groups is 1. The molecule has 1 N–H and O–H groups in total. The molecule has 0 radical (unpaired) electrons. The summed E-state index contributed by atoms with van der Waals surface area (Å²) in [6.07, 6.45) is -4.79. The van der Waals surface area contributed by atoms with E-state index in [1.807, 2.05) is 35.2 Å². The Balaban J connectivity index is 1.75. The number of alkyl halides is 3. The van der Waals surface area contributed by atoms with Crippen molar-refractivity contribution in [1.82, 2.24) is 4.90 Å². The minimum Gasteiger partial charge on any atom is -0.508 e. The maximum atomic E-state index is 12.7. The van der Waals surface area contributed by atoms with Gasteiger partial charge in [0.2, 0.25) is 0 Å². The number of ether oxygens (including phenoxy) is 2. The summed E-state index contributed by atoms with van der Waals surface area (Å²) in [4.78, 5) is 7.65. The molecule has 0 unspecified atom stereocenters. The van der Waals surface area contributed by atoms with Crippen molar-refractivity contribution in [1.29, 1.82) is 0 Å². The van der Waals surface area contributed by atoms with E-state index < -0.39 is 6.36 Å². The predicted octanol–water partition coefficient (Wildman–Crippen LogP) is 9.09. The van der Waals surface area contributed by atoms with Gasteiger partial charge in [-0.2, -0.15) is 0 Å². The van der Waals surface area contributed by atoms with Crippen LogP contribution in [0, 0.1) is 0 Å². The van der Waals surface area contributed by atoms with Crippen LogP contribution in [0.2, 0.25) is 10.0 Å². The van der Waals surface area contributed by atoms with Gasteiger partial charge in [0.05, 0.1) is 22.8 Å². The van der Waals surface area contributed by atoms with Crippen molar-refractivity contribution in [2.75, 3.05) is 7.11 Å². The van der Waals surface area contributed by atoms with Crippen LogP contribution in [0.25, 0.3) is 0 Å². The molecule has 0 saturated heterocycles. The Bertz CT molecular complexity index is 1470. The first-order chi connectivity index (χ1) is 19.1. The molecule has 0 bridgehead atoms. The molecule has 0 fully saturated rings. The Morgan fingerprint density at radius 2 is 1.52 bits per heavy atom. The van der Waals surface area contributed by atoms with Gasteiger partial charge in [0, 0.05) is 18.0 Å². The van der Waals surface area contributed by atoms with Gasteiger partial charge in [-0.25, -0.2) is 4.99 Å². The zero-order chi connectivity index (χ0) is 28.7. The molecule has 0 atom stereocenters. The molecule has 4 rings (SSSR count). The van der Waals surface area contributed by atoms with Gasteiger partial charge in [0.1, 0.15) is 17.2 Å². The third kappa shape index (κ3) is 8.74. The van der Waals surface area contributed by atoms with Crippen molar-refractivity contribution in [3.05, 3.63) is 112 Å². The van der Waals surface area contributed by atoms with E-state index in [4.69, 9.17) is 32.9 Å². The van der Waals surface area contributed by atoms with Gasteiger partial charge in [-0.05, 0) is 77.9 Å². The predicted molar refractivity (Wildman–Crippen MR) is 153 cm³/mol. The van der Waals surface area contributed by atoms with E-state index in [9.17, 15) is 18.3 Å². The van der Waals surface area contributed by atoms with Crippen molar-refractivity contribution in [2.24, 2.45) is 4.99 Å². The van der Waals surface area contributed by atoms with Crippen LogP contribution < -0.4 is 9.47 Å². The van der Waals surface area contributed by atoms with E-state index in [0.717, 1.165) is 16.0 Å². The van der Waals surface area contributed by atoms with Crippen LogP contribution in [0.3, 0.4) is 0 Å². The van der Waals surface area contributed by atoms with Crippen LogP contribution in [-0.4, -0.2) is 28.6 Å². The van der Waals surface area contributed by atoms with Crippen molar-refractivity contribution in [2.45, 2.75) is 24.3 Å². The van der Waals surface area contributed by atoms with Crippen LogP contribution in [0.5, 0.6) is 17.2 Å². The number of aromatic hydroxyl groups is 1. The van der Waals surface area contributed by atoms with E-state index in [1.54, 1.807) is 43.5 Å². The highest BCUT2D eigenvalue weighted by atomic mass is 35.5. The lowest BCUT2D eigenvalue weighted by Gasteiger charge is -2.26. The summed E-state index contributed by atoms with van der Waals surface area (Å²) in [7, 11) is 1.57. The molecule has 40 heavy (non-hydrogen) atoms. The largest absolute Gasteiger partial charge is 0.573 e. The maximum Gasteiger partial charge on any atom is 0.573 e. The molecule has 4 aromatic carbocycles. The molecule has 0 aliphatic heterocycles. The van der Waals surface area contributed by atoms with Crippen LogP contribution in [0.1, 0.15) is 11.1 Å². The monoisotopic (exact) mass is 606 g/mol. The van der Waals surface area contributed by atoms with Crippen molar-refractivity contribution in [3.8, 4) is 17.2 Å². The number of benzene rings is 4. The molecule has 0 spiro atoms. The van der Waals surface area contributed by atoms with Gasteiger partial charge < -0.3 is 19.5 Å². The average Bonchev–Trinajstić information content (AvgIpc) is 2.91. The zero-order valence-corrected chi connectivity index (χ0v) is 23.4. The fourth-order valence-corrected chi connectivity index (χ4v) is 4.89. The van der Waals surface area contributed by atoms with E-state index in [2.05, 4.69) is 4.74 Å². The Morgan fingerprint density at radius 3 is 2.17 bits per heavy atom. The van der Waals surface area contributed by atoms with Gasteiger partial charge >= 0.3 is 6.36 Å².